The zero-order chi connectivity index (χ0) is 19.5. The van der Waals surface area contributed by atoms with Gasteiger partial charge in [-0.25, -0.2) is 4.79 Å². The van der Waals surface area contributed by atoms with Gasteiger partial charge in [-0.2, -0.15) is 0 Å². The molecule has 2 unspecified atom stereocenters. The Morgan fingerprint density at radius 1 is 1.11 bits per heavy atom. The van der Waals surface area contributed by atoms with Crippen molar-refractivity contribution in [2.75, 3.05) is 19.0 Å². The molecule has 0 spiro atoms. The average molecular weight is 377 g/mol. The maximum Gasteiger partial charge on any atom is 0.410 e. The number of nitrogens with zero attached hydrogens (tertiary/aromatic N) is 2. The van der Waals surface area contributed by atoms with Crippen LogP contribution in [0.25, 0.3) is 5.57 Å². The van der Waals surface area contributed by atoms with E-state index in [1.807, 2.05) is 35.2 Å². The third kappa shape index (κ3) is 3.91. The fraction of sp³-hybridized carbons (Fsp3) is 0.375. The van der Waals surface area contributed by atoms with Crippen molar-refractivity contribution in [1.82, 2.24) is 4.90 Å². The second-order valence-corrected chi connectivity index (χ2v) is 7.94. The quantitative estimate of drug-likeness (QED) is 0.744. The van der Waals surface area contributed by atoms with Crippen LogP contribution in [0.15, 0.2) is 60.7 Å². The second kappa shape index (κ2) is 8.09. The van der Waals surface area contributed by atoms with Gasteiger partial charge in [-0.3, -0.25) is 4.90 Å². The molecule has 2 heterocycles. The first-order valence-corrected chi connectivity index (χ1v) is 10.1. The summed E-state index contributed by atoms with van der Waals surface area (Å²) in [4.78, 5) is 16.9. The molecule has 0 aliphatic carbocycles. The molecule has 4 heteroatoms. The summed E-state index contributed by atoms with van der Waals surface area (Å²) in [7, 11) is 4.13. The van der Waals surface area contributed by atoms with E-state index in [2.05, 4.69) is 49.3 Å². The van der Waals surface area contributed by atoms with E-state index in [4.69, 9.17) is 4.74 Å². The van der Waals surface area contributed by atoms with Gasteiger partial charge < -0.3 is 9.64 Å². The van der Waals surface area contributed by atoms with E-state index in [9.17, 15) is 4.79 Å². The van der Waals surface area contributed by atoms with Crippen molar-refractivity contribution in [3.63, 3.8) is 0 Å². The number of benzene rings is 2. The number of piperidine rings is 1. The minimum Gasteiger partial charge on any atom is -0.445 e. The van der Waals surface area contributed by atoms with Gasteiger partial charge >= 0.3 is 6.09 Å². The van der Waals surface area contributed by atoms with Gasteiger partial charge in [-0.05, 0) is 54.5 Å². The SMILES string of the molecule is CN(C)c1cccc(C2=CC3CCCC(C2)N3C(=O)OCc2ccccc2)c1. The van der Waals surface area contributed by atoms with Gasteiger partial charge in [0.1, 0.15) is 6.61 Å². The Hall–Kier alpha value is -2.75. The van der Waals surface area contributed by atoms with Gasteiger partial charge in [0.25, 0.3) is 0 Å². The van der Waals surface area contributed by atoms with Crippen molar-refractivity contribution in [2.24, 2.45) is 0 Å². The summed E-state index contributed by atoms with van der Waals surface area (Å²) >= 11 is 0. The fourth-order valence-corrected chi connectivity index (χ4v) is 4.31. The molecule has 1 saturated heterocycles. The number of anilines is 1. The van der Waals surface area contributed by atoms with Crippen LogP contribution in [0.5, 0.6) is 0 Å². The van der Waals surface area contributed by atoms with Gasteiger partial charge in [0, 0.05) is 25.8 Å². The summed E-state index contributed by atoms with van der Waals surface area (Å²) < 4.78 is 5.65. The lowest BCUT2D eigenvalue weighted by Crippen LogP contribution is -2.51. The third-order valence-corrected chi connectivity index (χ3v) is 5.79. The molecule has 0 aromatic heterocycles. The zero-order valence-corrected chi connectivity index (χ0v) is 16.7. The van der Waals surface area contributed by atoms with Crippen LogP contribution >= 0.6 is 0 Å². The Kier molecular flexibility index (Phi) is 5.38. The van der Waals surface area contributed by atoms with Gasteiger partial charge in [-0.1, -0.05) is 48.5 Å². The van der Waals surface area contributed by atoms with Gasteiger partial charge in [0.05, 0.1) is 6.04 Å². The molecule has 2 aliphatic heterocycles. The van der Waals surface area contributed by atoms with Crippen molar-refractivity contribution in [3.8, 4) is 0 Å². The molecule has 28 heavy (non-hydrogen) atoms. The Morgan fingerprint density at radius 3 is 2.68 bits per heavy atom. The number of amides is 1. The van der Waals surface area contributed by atoms with Crippen LogP contribution in [0, 0.1) is 0 Å². The first-order chi connectivity index (χ1) is 13.6. The number of rotatable bonds is 4. The predicted molar refractivity (Wildman–Crippen MR) is 113 cm³/mol. The average Bonchev–Trinajstić information content (AvgIpc) is 2.72. The van der Waals surface area contributed by atoms with Crippen LogP contribution in [0.4, 0.5) is 10.5 Å². The molecule has 2 bridgehead atoms. The van der Waals surface area contributed by atoms with Gasteiger partial charge in [-0.15, -0.1) is 0 Å². The van der Waals surface area contributed by atoms with Crippen molar-refractivity contribution in [2.45, 2.75) is 44.4 Å². The van der Waals surface area contributed by atoms with Crippen molar-refractivity contribution in [1.29, 1.82) is 0 Å². The normalized spacial score (nSPS) is 21.1. The minimum atomic E-state index is -0.184. The summed E-state index contributed by atoms with van der Waals surface area (Å²) in [6.45, 7) is 0.330. The van der Waals surface area contributed by atoms with Crippen LogP contribution < -0.4 is 4.90 Å². The molecule has 1 amide bonds. The third-order valence-electron chi connectivity index (χ3n) is 5.79. The Labute approximate surface area is 167 Å². The lowest BCUT2D eigenvalue weighted by molar-refractivity contribution is 0.0510. The largest absolute Gasteiger partial charge is 0.445 e. The highest BCUT2D eigenvalue weighted by atomic mass is 16.6. The maximum atomic E-state index is 12.8. The summed E-state index contributed by atoms with van der Waals surface area (Å²) in [5, 5.41) is 0. The first-order valence-electron chi connectivity index (χ1n) is 10.1. The van der Waals surface area contributed by atoms with Gasteiger partial charge in [0.2, 0.25) is 0 Å². The van der Waals surface area contributed by atoms with E-state index in [1.165, 1.54) is 23.2 Å². The summed E-state index contributed by atoms with van der Waals surface area (Å²) in [5.41, 5.74) is 4.84. The molecule has 0 radical (unpaired) electrons. The molecule has 0 saturated carbocycles. The second-order valence-electron chi connectivity index (χ2n) is 7.94. The monoisotopic (exact) mass is 376 g/mol. The molecule has 4 nitrogen and oxygen atoms in total. The zero-order valence-electron chi connectivity index (χ0n) is 16.7. The Balaban J connectivity index is 1.51. The number of fused-ring (bicyclic) bond motifs is 2. The van der Waals surface area contributed by atoms with E-state index in [0.717, 1.165) is 24.8 Å². The minimum absolute atomic E-state index is 0.133. The van der Waals surface area contributed by atoms with E-state index >= 15 is 0 Å². The molecule has 2 aromatic carbocycles. The van der Waals surface area contributed by atoms with Crippen LogP contribution in [0.2, 0.25) is 0 Å². The topological polar surface area (TPSA) is 32.8 Å². The molecular formula is C24H28N2O2. The highest BCUT2D eigenvalue weighted by Gasteiger charge is 2.38. The standard InChI is InChI=1S/C24H28N2O2/c1-25(2)21-11-6-10-19(14-21)20-15-22-12-7-13-23(16-20)26(22)24(27)28-17-18-8-4-3-5-9-18/h3-6,8-11,14-15,22-23H,7,12-13,16-17H2,1-2H3. The van der Waals surface area contributed by atoms with Crippen molar-refractivity contribution < 1.29 is 9.53 Å². The van der Waals surface area contributed by atoms with Crippen LogP contribution in [-0.2, 0) is 11.3 Å². The Morgan fingerprint density at radius 2 is 1.93 bits per heavy atom. The van der Waals surface area contributed by atoms with Gasteiger partial charge in [0.15, 0.2) is 0 Å². The first kappa shape index (κ1) is 18.6. The van der Waals surface area contributed by atoms with E-state index in [-0.39, 0.29) is 18.2 Å². The molecule has 2 aromatic rings. The van der Waals surface area contributed by atoms with Crippen LogP contribution in [0.3, 0.4) is 0 Å². The highest BCUT2D eigenvalue weighted by molar-refractivity contribution is 5.75. The highest BCUT2D eigenvalue weighted by Crippen LogP contribution is 2.38. The molecule has 146 valence electrons. The van der Waals surface area contributed by atoms with E-state index in [0.29, 0.717) is 6.61 Å². The van der Waals surface area contributed by atoms with E-state index in [1.54, 1.807) is 0 Å². The predicted octanol–water partition coefficient (Wildman–Crippen LogP) is 5.10. The lowest BCUT2D eigenvalue weighted by Gasteiger charge is -2.44. The number of hydrogen-bond donors (Lipinski definition) is 0. The molecule has 0 N–H and O–H groups in total. The maximum absolute atomic E-state index is 12.8. The number of ether oxygens (including phenoxy) is 1. The van der Waals surface area contributed by atoms with Crippen molar-refractivity contribution >= 4 is 17.4 Å². The van der Waals surface area contributed by atoms with Crippen LogP contribution in [-0.4, -0.2) is 37.2 Å². The summed E-state index contributed by atoms with van der Waals surface area (Å²) in [6, 6.07) is 18.9. The molecule has 2 aliphatic rings. The fourth-order valence-electron chi connectivity index (χ4n) is 4.31. The molecule has 2 atom stereocenters. The van der Waals surface area contributed by atoms with Crippen molar-refractivity contribution in [3.05, 3.63) is 71.8 Å². The summed E-state index contributed by atoms with van der Waals surface area (Å²) in [5.74, 6) is 0. The summed E-state index contributed by atoms with van der Waals surface area (Å²) in [6.07, 6.45) is 6.22. The lowest BCUT2D eigenvalue weighted by atomic mass is 9.83. The smallest absolute Gasteiger partial charge is 0.410 e. The number of hydrogen-bond acceptors (Lipinski definition) is 3. The number of carbonyl (C=O) groups is 1. The van der Waals surface area contributed by atoms with E-state index < -0.39 is 0 Å². The number of carbonyl (C=O) groups excluding carboxylic acids is 1. The molecule has 1 fully saturated rings. The molecule has 4 rings (SSSR count). The molecular weight excluding hydrogens is 348 g/mol. The van der Waals surface area contributed by atoms with Crippen LogP contribution in [0.1, 0.15) is 36.8 Å². The Bertz CT molecular complexity index is 860.